The first-order chi connectivity index (χ1) is 13.8. The van der Waals surface area contributed by atoms with Gasteiger partial charge in [0.1, 0.15) is 4.21 Å². The summed E-state index contributed by atoms with van der Waals surface area (Å²) in [5.74, 6) is 0.373. The van der Waals surface area contributed by atoms with E-state index >= 15 is 0 Å². The molecule has 0 bridgehead atoms. The summed E-state index contributed by atoms with van der Waals surface area (Å²) in [5, 5.41) is 0. The summed E-state index contributed by atoms with van der Waals surface area (Å²) in [5.41, 5.74) is 2.37. The molecule has 7 nitrogen and oxygen atoms in total. The monoisotopic (exact) mass is 433 g/mol. The SMILES string of the molecule is COC(=O)NS(=O)(=O)c1sc(CC(C)C)cc1-c1cccc(Cn2ccnc2)c1. The predicted octanol–water partition coefficient (Wildman–Crippen LogP) is 3.90. The van der Waals surface area contributed by atoms with Crippen LogP contribution in [0.3, 0.4) is 0 Å². The van der Waals surface area contributed by atoms with E-state index in [1.807, 2.05) is 45.8 Å². The quantitative estimate of drug-likeness (QED) is 0.610. The van der Waals surface area contributed by atoms with Gasteiger partial charge in [-0.1, -0.05) is 32.0 Å². The molecule has 3 rings (SSSR count). The number of benzene rings is 1. The van der Waals surface area contributed by atoms with Crippen LogP contribution in [0.2, 0.25) is 0 Å². The minimum absolute atomic E-state index is 0.110. The van der Waals surface area contributed by atoms with Crippen LogP contribution in [-0.4, -0.2) is 31.2 Å². The van der Waals surface area contributed by atoms with Gasteiger partial charge in [-0.15, -0.1) is 11.3 Å². The third-order valence-electron chi connectivity index (χ3n) is 4.17. The van der Waals surface area contributed by atoms with Crippen molar-refractivity contribution < 1.29 is 17.9 Å². The minimum atomic E-state index is -4.05. The van der Waals surface area contributed by atoms with Crippen LogP contribution in [0.25, 0.3) is 11.1 Å². The van der Waals surface area contributed by atoms with Gasteiger partial charge in [0.2, 0.25) is 0 Å². The summed E-state index contributed by atoms with van der Waals surface area (Å²) in [6, 6.07) is 9.60. The topological polar surface area (TPSA) is 90.3 Å². The number of imidazole rings is 1. The predicted molar refractivity (Wildman–Crippen MR) is 112 cm³/mol. The van der Waals surface area contributed by atoms with Crippen molar-refractivity contribution in [3.8, 4) is 11.1 Å². The van der Waals surface area contributed by atoms with Gasteiger partial charge in [0.25, 0.3) is 10.0 Å². The molecule has 1 amide bonds. The third kappa shape index (κ3) is 5.24. The Kier molecular flexibility index (Phi) is 6.39. The van der Waals surface area contributed by atoms with Crippen LogP contribution in [0.15, 0.2) is 53.3 Å². The number of rotatable bonds is 7. The average molecular weight is 434 g/mol. The van der Waals surface area contributed by atoms with E-state index in [9.17, 15) is 13.2 Å². The van der Waals surface area contributed by atoms with Crippen LogP contribution >= 0.6 is 11.3 Å². The zero-order chi connectivity index (χ0) is 21.0. The van der Waals surface area contributed by atoms with Gasteiger partial charge in [-0.25, -0.2) is 22.9 Å². The van der Waals surface area contributed by atoms with Crippen molar-refractivity contribution in [3.63, 3.8) is 0 Å². The molecular formula is C20H23N3O4S2. The van der Waals surface area contributed by atoms with Gasteiger partial charge >= 0.3 is 6.09 Å². The lowest BCUT2D eigenvalue weighted by molar-refractivity contribution is 0.177. The van der Waals surface area contributed by atoms with E-state index in [0.717, 1.165) is 29.5 Å². The standard InChI is InChI=1S/C20H23N3O4S2/c1-14(2)9-17-11-18(19(28-17)29(25,26)22-20(24)27-3)16-6-4-5-15(10-16)12-23-8-7-21-13-23/h4-8,10-11,13-14H,9,12H2,1-3H3,(H,22,24). The van der Waals surface area contributed by atoms with E-state index in [1.54, 1.807) is 12.5 Å². The zero-order valence-electron chi connectivity index (χ0n) is 16.5. The van der Waals surface area contributed by atoms with E-state index in [-0.39, 0.29) is 4.21 Å². The summed E-state index contributed by atoms with van der Waals surface area (Å²) in [6.45, 7) is 4.78. The van der Waals surface area contributed by atoms with Crippen molar-refractivity contribution in [2.45, 2.75) is 31.0 Å². The van der Waals surface area contributed by atoms with Gasteiger partial charge < -0.3 is 9.30 Å². The Balaban J connectivity index is 2.03. The van der Waals surface area contributed by atoms with Crippen LogP contribution < -0.4 is 4.72 Å². The van der Waals surface area contributed by atoms with Crippen LogP contribution in [0.1, 0.15) is 24.3 Å². The van der Waals surface area contributed by atoms with Gasteiger partial charge in [-0.05, 0) is 35.6 Å². The number of hydrogen-bond donors (Lipinski definition) is 1. The Morgan fingerprint density at radius 1 is 1.31 bits per heavy atom. The second-order valence-corrected chi connectivity index (χ2v) is 10.1. The van der Waals surface area contributed by atoms with Crippen molar-refractivity contribution in [1.29, 1.82) is 0 Å². The molecule has 0 aliphatic carbocycles. The van der Waals surface area contributed by atoms with E-state index in [0.29, 0.717) is 18.0 Å². The van der Waals surface area contributed by atoms with E-state index in [1.165, 1.54) is 11.3 Å². The molecular weight excluding hydrogens is 410 g/mol. The molecule has 0 unspecified atom stereocenters. The fourth-order valence-corrected chi connectivity index (χ4v) is 5.82. The number of nitrogens with one attached hydrogen (secondary N) is 1. The lowest BCUT2D eigenvalue weighted by Gasteiger charge is -2.09. The molecule has 1 N–H and O–H groups in total. The molecule has 0 fully saturated rings. The number of ether oxygens (including phenoxy) is 1. The number of hydrogen-bond acceptors (Lipinski definition) is 6. The van der Waals surface area contributed by atoms with Crippen LogP contribution in [-0.2, 0) is 27.7 Å². The van der Waals surface area contributed by atoms with Gasteiger partial charge in [0.15, 0.2) is 0 Å². The van der Waals surface area contributed by atoms with Crippen LogP contribution in [0.5, 0.6) is 0 Å². The molecule has 3 aromatic rings. The lowest BCUT2D eigenvalue weighted by Crippen LogP contribution is -2.30. The number of aromatic nitrogens is 2. The second kappa shape index (κ2) is 8.79. The number of thiophene rings is 1. The highest BCUT2D eigenvalue weighted by atomic mass is 32.2. The zero-order valence-corrected chi connectivity index (χ0v) is 18.1. The van der Waals surface area contributed by atoms with Crippen LogP contribution in [0.4, 0.5) is 4.79 Å². The number of carbonyl (C=O) groups excluding carboxylic acids is 1. The number of nitrogens with zero attached hydrogens (tertiary/aromatic N) is 2. The highest BCUT2D eigenvalue weighted by Gasteiger charge is 2.26. The molecule has 0 atom stereocenters. The lowest BCUT2D eigenvalue weighted by atomic mass is 10.0. The smallest absolute Gasteiger partial charge is 0.420 e. The van der Waals surface area contributed by atoms with Crippen molar-refractivity contribution in [2.75, 3.05) is 7.11 Å². The van der Waals surface area contributed by atoms with E-state index < -0.39 is 16.1 Å². The van der Waals surface area contributed by atoms with Crippen molar-refractivity contribution in [1.82, 2.24) is 14.3 Å². The van der Waals surface area contributed by atoms with E-state index in [4.69, 9.17) is 0 Å². The molecule has 2 aromatic heterocycles. The molecule has 29 heavy (non-hydrogen) atoms. The second-order valence-electron chi connectivity index (χ2n) is 7.04. The molecule has 9 heteroatoms. The Labute approximate surface area is 174 Å². The Morgan fingerprint density at radius 2 is 2.10 bits per heavy atom. The Bertz CT molecular complexity index is 1090. The average Bonchev–Trinajstić information content (AvgIpc) is 3.31. The number of methoxy groups -OCH3 is 1. The first kappa shape index (κ1) is 21.1. The third-order valence-corrected chi connectivity index (χ3v) is 7.17. The van der Waals surface area contributed by atoms with Crippen molar-refractivity contribution in [2.24, 2.45) is 5.92 Å². The normalized spacial score (nSPS) is 11.6. The van der Waals surface area contributed by atoms with Gasteiger partial charge in [-0.3, -0.25) is 0 Å². The largest absolute Gasteiger partial charge is 0.452 e. The fraction of sp³-hybridized carbons (Fsp3) is 0.300. The maximum absolute atomic E-state index is 12.8. The first-order valence-corrected chi connectivity index (χ1v) is 11.4. The number of carbonyl (C=O) groups is 1. The van der Waals surface area contributed by atoms with Gasteiger partial charge in [-0.2, -0.15) is 0 Å². The molecule has 0 aliphatic heterocycles. The molecule has 0 spiro atoms. The summed E-state index contributed by atoms with van der Waals surface area (Å²) in [4.78, 5) is 16.5. The molecule has 1 aromatic carbocycles. The Hall–Kier alpha value is -2.65. The number of amides is 1. The van der Waals surface area contributed by atoms with Crippen LogP contribution in [0, 0.1) is 5.92 Å². The maximum atomic E-state index is 12.8. The molecule has 0 saturated heterocycles. The van der Waals surface area contributed by atoms with Crippen molar-refractivity contribution >= 4 is 27.5 Å². The number of sulfonamides is 1. The molecule has 0 radical (unpaired) electrons. The van der Waals surface area contributed by atoms with E-state index in [2.05, 4.69) is 23.6 Å². The minimum Gasteiger partial charge on any atom is -0.452 e. The summed E-state index contributed by atoms with van der Waals surface area (Å²) < 4.78 is 34.1. The summed E-state index contributed by atoms with van der Waals surface area (Å²) in [7, 11) is -2.92. The highest BCUT2D eigenvalue weighted by Crippen LogP contribution is 2.36. The van der Waals surface area contributed by atoms with Gasteiger partial charge in [0, 0.05) is 29.4 Å². The first-order valence-electron chi connectivity index (χ1n) is 9.07. The molecule has 0 saturated carbocycles. The van der Waals surface area contributed by atoms with Crippen molar-refractivity contribution in [3.05, 3.63) is 59.5 Å². The Morgan fingerprint density at radius 3 is 2.76 bits per heavy atom. The summed E-state index contributed by atoms with van der Waals surface area (Å²) in [6.07, 6.45) is 5.05. The molecule has 2 heterocycles. The molecule has 0 aliphatic rings. The highest BCUT2D eigenvalue weighted by molar-refractivity contribution is 7.92. The van der Waals surface area contributed by atoms with Gasteiger partial charge in [0.05, 0.1) is 13.4 Å². The fourth-order valence-electron chi connectivity index (χ4n) is 2.95. The molecule has 154 valence electrons. The summed E-state index contributed by atoms with van der Waals surface area (Å²) >= 11 is 1.18. The maximum Gasteiger partial charge on any atom is 0.420 e.